The number of nitrogens with two attached hydrogens (primary N) is 1. The predicted octanol–water partition coefficient (Wildman–Crippen LogP) is 0.950. The topological polar surface area (TPSA) is 54.6 Å². The predicted molar refractivity (Wildman–Crippen MR) is 77.7 cm³/mol. The fraction of sp³-hybridized carbons (Fsp3) is 0.643. The lowest BCUT2D eigenvalue weighted by molar-refractivity contribution is 0.264. The summed E-state index contributed by atoms with van der Waals surface area (Å²) < 4.78 is 5.80. The average Bonchev–Trinajstić information content (AvgIpc) is 2.45. The summed E-state index contributed by atoms with van der Waals surface area (Å²) in [7, 11) is 2.13. The largest absolute Gasteiger partial charge is 0.490 e. The SMILES string of the molecule is CCCOc1cccnc1N1CCN(C)CC1CN. The normalized spacial score (nSPS) is 20.6. The molecule has 1 aromatic rings. The molecule has 1 atom stereocenters. The minimum Gasteiger partial charge on any atom is -0.490 e. The number of nitrogens with zero attached hydrogens (tertiary/aromatic N) is 3. The molecule has 0 bridgehead atoms. The van der Waals surface area contributed by atoms with Crippen molar-refractivity contribution in [2.75, 3.05) is 44.7 Å². The third kappa shape index (κ3) is 3.36. The standard InChI is InChI=1S/C14H24N4O/c1-3-9-19-13-5-4-6-16-14(13)18-8-7-17(2)11-12(18)10-15/h4-6,12H,3,7-11,15H2,1-2H3. The lowest BCUT2D eigenvalue weighted by Crippen LogP contribution is -2.55. The van der Waals surface area contributed by atoms with Crippen LogP contribution in [0.15, 0.2) is 18.3 Å². The van der Waals surface area contributed by atoms with E-state index < -0.39 is 0 Å². The number of hydrogen-bond donors (Lipinski definition) is 1. The van der Waals surface area contributed by atoms with E-state index in [9.17, 15) is 0 Å². The van der Waals surface area contributed by atoms with Gasteiger partial charge in [0.25, 0.3) is 0 Å². The van der Waals surface area contributed by atoms with Crippen LogP contribution in [0.4, 0.5) is 5.82 Å². The van der Waals surface area contributed by atoms with Gasteiger partial charge < -0.3 is 20.3 Å². The highest BCUT2D eigenvalue weighted by atomic mass is 16.5. The zero-order chi connectivity index (χ0) is 13.7. The first-order chi connectivity index (χ1) is 9.26. The maximum atomic E-state index is 5.91. The van der Waals surface area contributed by atoms with E-state index in [1.165, 1.54) is 0 Å². The number of hydrogen-bond acceptors (Lipinski definition) is 5. The van der Waals surface area contributed by atoms with Gasteiger partial charge in [0.2, 0.25) is 0 Å². The van der Waals surface area contributed by atoms with Crippen LogP contribution in [0.1, 0.15) is 13.3 Å². The van der Waals surface area contributed by atoms with Crippen LogP contribution in [0.3, 0.4) is 0 Å². The second-order valence-corrected chi connectivity index (χ2v) is 5.02. The molecular formula is C14H24N4O. The highest BCUT2D eigenvalue weighted by Crippen LogP contribution is 2.28. The summed E-state index contributed by atoms with van der Waals surface area (Å²) in [5.41, 5.74) is 5.91. The quantitative estimate of drug-likeness (QED) is 0.858. The van der Waals surface area contributed by atoms with E-state index in [-0.39, 0.29) is 0 Å². The van der Waals surface area contributed by atoms with Gasteiger partial charge in [-0.15, -0.1) is 0 Å². The van der Waals surface area contributed by atoms with Crippen LogP contribution >= 0.6 is 0 Å². The molecule has 1 unspecified atom stereocenters. The molecule has 0 spiro atoms. The first-order valence-corrected chi connectivity index (χ1v) is 6.99. The molecule has 2 rings (SSSR count). The van der Waals surface area contributed by atoms with Gasteiger partial charge in [-0.25, -0.2) is 4.98 Å². The summed E-state index contributed by atoms with van der Waals surface area (Å²) in [5.74, 6) is 1.80. The summed E-state index contributed by atoms with van der Waals surface area (Å²) in [6.07, 6.45) is 2.82. The summed E-state index contributed by atoms with van der Waals surface area (Å²) in [5, 5.41) is 0. The van der Waals surface area contributed by atoms with Crippen molar-refractivity contribution in [1.82, 2.24) is 9.88 Å². The number of anilines is 1. The molecule has 5 heteroatoms. The van der Waals surface area contributed by atoms with Crippen LogP contribution in [0.25, 0.3) is 0 Å². The average molecular weight is 264 g/mol. The van der Waals surface area contributed by atoms with Crippen molar-refractivity contribution in [1.29, 1.82) is 0 Å². The molecule has 0 saturated carbocycles. The highest BCUT2D eigenvalue weighted by Gasteiger charge is 2.27. The van der Waals surface area contributed by atoms with Gasteiger partial charge in [-0.1, -0.05) is 6.92 Å². The Balaban J connectivity index is 2.19. The fourth-order valence-electron chi connectivity index (χ4n) is 2.41. The van der Waals surface area contributed by atoms with E-state index in [0.29, 0.717) is 12.6 Å². The molecular weight excluding hydrogens is 240 g/mol. The smallest absolute Gasteiger partial charge is 0.171 e. The number of pyridine rings is 1. The maximum absolute atomic E-state index is 5.91. The van der Waals surface area contributed by atoms with Gasteiger partial charge in [0.05, 0.1) is 12.6 Å². The lowest BCUT2D eigenvalue weighted by atomic mass is 10.1. The number of rotatable bonds is 5. The summed E-state index contributed by atoms with van der Waals surface area (Å²) in [6.45, 7) is 6.40. The Labute approximate surface area is 115 Å². The van der Waals surface area contributed by atoms with E-state index in [1.54, 1.807) is 0 Å². The van der Waals surface area contributed by atoms with E-state index in [4.69, 9.17) is 10.5 Å². The number of likely N-dealkylation sites (N-methyl/N-ethyl adjacent to an activating group) is 1. The summed E-state index contributed by atoms with van der Waals surface area (Å²) in [4.78, 5) is 9.10. The second-order valence-electron chi connectivity index (χ2n) is 5.02. The first-order valence-electron chi connectivity index (χ1n) is 6.99. The fourth-order valence-corrected chi connectivity index (χ4v) is 2.41. The molecule has 2 N–H and O–H groups in total. The molecule has 1 saturated heterocycles. The molecule has 2 heterocycles. The summed E-state index contributed by atoms with van der Waals surface area (Å²) in [6, 6.07) is 4.21. The van der Waals surface area contributed by atoms with Gasteiger partial charge in [0, 0.05) is 32.4 Å². The number of ether oxygens (including phenoxy) is 1. The molecule has 0 radical (unpaired) electrons. The van der Waals surface area contributed by atoms with Crippen LogP contribution < -0.4 is 15.4 Å². The number of aromatic nitrogens is 1. The molecule has 106 valence electrons. The second kappa shape index (κ2) is 6.73. The van der Waals surface area contributed by atoms with E-state index in [0.717, 1.165) is 44.2 Å². The molecule has 1 fully saturated rings. The molecule has 1 aliphatic rings. The zero-order valence-corrected chi connectivity index (χ0v) is 11.9. The van der Waals surface area contributed by atoms with Crippen LogP contribution in [0.5, 0.6) is 5.75 Å². The molecule has 0 amide bonds. The Hall–Kier alpha value is -1.33. The van der Waals surface area contributed by atoms with Gasteiger partial charge in [0.15, 0.2) is 11.6 Å². The highest BCUT2D eigenvalue weighted by molar-refractivity contribution is 5.53. The Morgan fingerprint density at radius 3 is 3.05 bits per heavy atom. The van der Waals surface area contributed by atoms with Crippen molar-refractivity contribution in [2.24, 2.45) is 5.73 Å². The van der Waals surface area contributed by atoms with Crippen molar-refractivity contribution < 1.29 is 4.74 Å². The molecule has 1 aromatic heterocycles. The van der Waals surface area contributed by atoms with E-state index in [2.05, 4.69) is 28.8 Å². The summed E-state index contributed by atoms with van der Waals surface area (Å²) >= 11 is 0. The molecule has 1 aliphatic heterocycles. The van der Waals surface area contributed by atoms with Gasteiger partial charge in [0.1, 0.15) is 0 Å². The number of piperazine rings is 1. The van der Waals surface area contributed by atoms with Crippen LogP contribution in [0.2, 0.25) is 0 Å². The van der Waals surface area contributed by atoms with Gasteiger partial charge in [-0.2, -0.15) is 0 Å². The lowest BCUT2D eigenvalue weighted by Gasteiger charge is -2.40. The first kappa shape index (κ1) is 14.1. The van der Waals surface area contributed by atoms with E-state index in [1.807, 2.05) is 18.3 Å². The molecule has 5 nitrogen and oxygen atoms in total. The zero-order valence-electron chi connectivity index (χ0n) is 11.9. The van der Waals surface area contributed by atoms with Gasteiger partial charge >= 0.3 is 0 Å². The Morgan fingerprint density at radius 1 is 1.47 bits per heavy atom. The van der Waals surface area contributed by atoms with Crippen molar-refractivity contribution in [3.8, 4) is 5.75 Å². The third-order valence-electron chi connectivity index (χ3n) is 3.44. The van der Waals surface area contributed by atoms with E-state index >= 15 is 0 Å². The van der Waals surface area contributed by atoms with Crippen LogP contribution in [-0.4, -0.2) is 55.8 Å². The minimum atomic E-state index is 0.303. The van der Waals surface area contributed by atoms with Crippen LogP contribution in [-0.2, 0) is 0 Å². The van der Waals surface area contributed by atoms with Crippen molar-refractivity contribution in [2.45, 2.75) is 19.4 Å². The van der Waals surface area contributed by atoms with Gasteiger partial charge in [-0.3, -0.25) is 0 Å². The van der Waals surface area contributed by atoms with Crippen molar-refractivity contribution in [3.63, 3.8) is 0 Å². The Morgan fingerprint density at radius 2 is 2.32 bits per heavy atom. The van der Waals surface area contributed by atoms with Crippen LogP contribution in [0, 0.1) is 0 Å². The monoisotopic (exact) mass is 264 g/mol. The molecule has 0 aromatic carbocycles. The molecule has 0 aliphatic carbocycles. The van der Waals surface area contributed by atoms with Crippen molar-refractivity contribution >= 4 is 5.82 Å². The molecule has 19 heavy (non-hydrogen) atoms. The Kier molecular flexibility index (Phi) is 4.99. The Bertz CT molecular complexity index is 399. The maximum Gasteiger partial charge on any atom is 0.171 e. The minimum absolute atomic E-state index is 0.303. The van der Waals surface area contributed by atoms with Crippen molar-refractivity contribution in [3.05, 3.63) is 18.3 Å². The third-order valence-corrected chi connectivity index (χ3v) is 3.44. The van der Waals surface area contributed by atoms with Gasteiger partial charge in [-0.05, 0) is 25.6 Å².